The Morgan fingerprint density at radius 1 is 1.20 bits per heavy atom. The lowest BCUT2D eigenvalue weighted by molar-refractivity contribution is -0.128. The Balaban J connectivity index is 1.44. The van der Waals surface area contributed by atoms with Gasteiger partial charge in [-0.3, -0.25) is 9.59 Å². The zero-order valence-electron chi connectivity index (χ0n) is 18.8. The van der Waals surface area contributed by atoms with Gasteiger partial charge in [-0.15, -0.1) is 0 Å². The van der Waals surface area contributed by atoms with Gasteiger partial charge in [0.15, 0.2) is 12.7 Å². The van der Waals surface area contributed by atoms with Gasteiger partial charge in [-0.1, -0.05) is 29.8 Å². The van der Waals surface area contributed by atoms with Gasteiger partial charge in [0.1, 0.15) is 17.3 Å². The molecule has 2 atom stereocenters. The van der Waals surface area contributed by atoms with Gasteiger partial charge >= 0.3 is 0 Å². The first kappa shape index (κ1) is 26.7. The molecular weight excluding hydrogens is 500 g/mol. The van der Waals surface area contributed by atoms with Crippen LogP contribution in [-0.2, 0) is 9.59 Å². The van der Waals surface area contributed by atoms with Crippen molar-refractivity contribution in [3.63, 3.8) is 0 Å². The van der Waals surface area contributed by atoms with Crippen LogP contribution in [0.25, 0.3) is 0 Å². The van der Waals surface area contributed by atoms with Gasteiger partial charge in [0, 0.05) is 54.3 Å². The zero-order chi connectivity index (χ0) is 25.4. The minimum Gasteiger partial charge on any atom is -0.484 e. The fourth-order valence-electron chi connectivity index (χ4n) is 3.47. The van der Waals surface area contributed by atoms with Gasteiger partial charge in [-0.25, -0.2) is 4.39 Å². The normalized spacial score (nSPS) is 16.6. The lowest BCUT2D eigenvalue weighted by Gasteiger charge is -2.32. The van der Waals surface area contributed by atoms with E-state index < -0.39 is 17.8 Å². The summed E-state index contributed by atoms with van der Waals surface area (Å²) >= 11 is 11.7. The standard InChI is InChI=1S/C24H26Cl2FN3O5/c1-14(6-7-29-23(32)13-34-16-3-4-18(26)19(27)11-16)30-24(33)22-12-20(28-8-9-31)17-10-15(25)2-5-21(17)35-22/h2-5,10-11,20,22,28,31H,1,6-9,12-13H2,(H,29,32)(H,30,33)/t20-,22-/m1/s1. The predicted molar refractivity (Wildman–Crippen MR) is 130 cm³/mol. The number of aliphatic hydroxyl groups excluding tert-OH is 1. The summed E-state index contributed by atoms with van der Waals surface area (Å²) in [5, 5.41) is 18.2. The van der Waals surface area contributed by atoms with E-state index in [9.17, 15) is 14.0 Å². The van der Waals surface area contributed by atoms with Crippen LogP contribution < -0.4 is 25.4 Å². The average molecular weight is 526 g/mol. The number of fused-ring (bicyclic) bond motifs is 1. The van der Waals surface area contributed by atoms with Crippen LogP contribution in [0.4, 0.5) is 4.39 Å². The number of hydrogen-bond donors (Lipinski definition) is 4. The molecule has 0 aromatic heterocycles. The maximum absolute atomic E-state index is 13.4. The van der Waals surface area contributed by atoms with Gasteiger partial charge in [-0.05, 0) is 30.3 Å². The van der Waals surface area contributed by atoms with Crippen molar-refractivity contribution >= 4 is 35.0 Å². The van der Waals surface area contributed by atoms with Crippen molar-refractivity contribution in [2.75, 3.05) is 26.3 Å². The summed E-state index contributed by atoms with van der Waals surface area (Å²) in [7, 11) is 0. The third kappa shape index (κ3) is 7.83. The van der Waals surface area contributed by atoms with E-state index in [1.807, 2.05) is 0 Å². The molecule has 1 heterocycles. The number of ether oxygens (including phenoxy) is 2. The fraction of sp³-hybridized carbons (Fsp3) is 0.333. The molecule has 4 N–H and O–H groups in total. The summed E-state index contributed by atoms with van der Waals surface area (Å²) in [6.07, 6.45) is -0.149. The van der Waals surface area contributed by atoms with Crippen molar-refractivity contribution in [1.29, 1.82) is 0 Å². The first-order valence-electron chi connectivity index (χ1n) is 10.9. The van der Waals surface area contributed by atoms with Crippen LogP contribution in [0.3, 0.4) is 0 Å². The van der Waals surface area contributed by atoms with E-state index in [-0.39, 0.29) is 48.9 Å². The highest BCUT2D eigenvalue weighted by Crippen LogP contribution is 2.36. The van der Waals surface area contributed by atoms with Crippen LogP contribution in [0, 0.1) is 5.82 Å². The molecule has 3 rings (SSSR count). The van der Waals surface area contributed by atoms with Crippen LogP contribution in [0.15, 0.2) is 48.7 Å². The molecule has 2 aromatic rings. The second-order valence-electron chi connectivity index (χ2n) is 7.81. The molecular formula is C24H26Cl2FN3O5. The Hall–Kier alpha value is -2.85. The van der Waals surface area contributed by atoms with E-state index >= 15 is 0 Å². The minimum absolute atomic E-state index is 0.0356. The van der Waals surface area contributed by atoms with Crippen LogP contribution in [0.5, 0.6) is 11.5 Å². The Morgan fingerprint density at radius 3 is 2.74 bits per heavy atom. The SMILES string of the molecule is C=C(CCNC(=O)COc1ccc(Cl)c(F)c1)NC(=O)[C@H]1C[C@@H](NCCO)c2cc(Cl)ccc2O1. The predicted octanol–water partition coefficient (Wildman–Crippen LogP) is 3.12. The van der Waals surface area contributed by atoms with Crippen molar-refractivity contribution in [3.05, 3.63) is 70.1 Å². The highest BCUT2D eigenvalue weighted by atomic mass is 35.5. The highest BCUT2D eigenvalue weighted by Gasteiger charge is 2.32. The summed E-state index contributed by atoms with van der Waals surface area (Å²) in [4.78, 5) is 24.7. The number of amides is 2. The molecule has 11 heteroatoms. The second kappa shape index (κ2) is 12.7. The third-order valence-electron chi connectivity index (χ3n) is 5.17. The van der Waals surface area contributed by atoms with Gasteiger partial charge in [0.05, 0.1) is 11.6 Å². The number of nitrogens with one attached hydrogen (secondary N) is 3. The lowest BCUT2D eigenvalue weighted by atomic mass is 9.96. The number of carbonyl (C=O) groups excluding carboxylic acids is 2. The van der Waals surface area contributed by atoms with Crippen molar-refractivity contribution in [2.45, 2.75) is 25.0 Å². The number of aliphatic hydroxyl groups is 1. The summed E-state index contributed by atoms with van der Waals surface area (Å²) in [6, 6.07) is 8.83. The van der Waals surface area contributed by atoms with Crippen LogP contribution >= 0.6 is 23.2 Å². The smallest absolute Gasteiger partial charge is 0.265 e. The molecule has 8 nitrogen and oxygen atoms in total. The number of halogens is 3. The second-order valence-corrected chi connectivity index (χ2v) is 8.66. The molecule has 0 spiro atoms. The molecule has 0 bridgehead atoms. The van der Waals surface area contributed by atoms with Gasteiger partial charge < -0.3 is 30.5 Å². The zero-order valence-corrected chi connectivity index (χ0v) is 20.3. The van der Waals surface area contributed by atoms with Gasteiger partial charge in [0.25, 0.3) is 11.8 Å². The molecule has 0 fully saturated rings. The molecule has 0 unspecified atom stereocenters. The molecule has 1 aliphatic rings. The largest absolute Gasteiger partial charge is 0.484 e. The van der Waals surface area contributed by atoms with E-state index in [0.29, 0.717) is 29.4 Å². The van der Waals surface area contributed by atoms with E-state index in [0.717, 1.165) is 11.6 Å². The first-order valence-corrected chi connectivity index (χ1v) is 11.7. The number of benzene rings is 2. The highest BCUT2D eigenvalue weighted by molar-refractivity contribution is 6.31. The molecule has 188 valence electrons. The van der Waals surface area contributed by atoms with E-state index in [4.69, 9.17) is 37.8 Å². The Kier molecular flexibility index (Phi) is 9.73. The number of carbonyl (C=O) groups is 2. The summed E-state index contributed by atoms with van der Waals surface area (Å²) < 4.78 is 24.5. The van der Waals surface area contributed by atoms with E-state index in [2.05, 4.69) is 22.5 Å². The van der Waals surface area contributed by atoms with Crippen LogP contribution in [-0.4, -0.2) is 49.3 Å². The minimum atomic E-state index is -0.778. The fourth-order valence-corrected chi connectivity index (χ4v) is 3.77. The maximum atomic E-state index is 13.4. The summed E-state index contributed by atoms with van der Waals surface area (Å²) in [5.74, 6) is -0.702. The Morgan fingerprint density at radius 2 is 2.00 bits per heavy atom. The number of rotatable bonds is 11. The van der Waals surface area contributed by atoms with Gasteiger partial charge in [-0.2, -0.15) is 0 Å². The monoisotopic (exact) mass is 525 g/mol. The molecule has 1 aliphatic heterocycles. The molecule has 0 saturated carbocycles. The quantitative estimate of drug-likeness (QED) is 0.359. The van der Waals surface area contributed by atoms with E-state index in [1.54, 1.807) is 18.2 Å². The Labute approximate surface area is 212 Å². The van der Waals surface area contributed by atoms with Crippen molar-refractivity contribution in [1.82, 2.24) is 16.0 Å². The average Bonchev–Trinajstić information content (AvgIpc) is 2.83. The third-order valence-corrected chi connectivity index (χ3v) is 5.71. The molecule has 0 aliphatic carbocycles. The lowest BCUT2D eigenvalue weighted by Crippen LogP contribution is -2.44. The maximum Gasteiger partial charge on any atom is 0.265 e. The van der Waals surface area contributed by atoms with Crippen molar-refractivity contribution in [2.24, 2.45) is 0 Å². The van der Waals surface area contributed by atoms with Gasteiger partial charge in [0.2, 0.25) is 0 Å². The van der Waals surface area contributed by atoms with Crippen molar-refractivity contribution < 1.29 is 28.6 Å². The van der Waals surface area contributed by atoms with Crippen molar-refractivity contribution in [3.8, 4) is 11.5 Å². The summed E-state index contributed by atoms with van der Waals surface area (Å²) in [6.45, 7) is 4.05. The Bertz CT molecular complexity index is 1090. The molecule has 2 aromatic carbocycles. The molecule has 35 heavy (non-hydrogen) atoms. The molecule has 2 amide bonds. The molecule has 0 radical (unpaired) electrons. The van der Waals surface area contributed by atoms with E-state index in [1.165, 1.54) is 12.1 Å². The summed E-state index contributed by atoms with van der Waals surface area (Å²) in [5.41, 5.74) is 1.22. The number of hydrogen-bond acceptors (Lipinski definition) is 6. The van der Waals surface area contributed by atoms with Crippen LogP contribution in [0.1, 0.15) is 24.4 Å². The molecule has 0 saturated heterocycles. The topological polar surface area (TPSA) is 109 Å². The first-order chi connectivity index (χ1) is 16.8. The van der Waals surface area contributed by atoms with Crippen LogP contribution in [0.2, 0.25) is 10.0 Å².